The number of hydrogen-bond acceptors (Lipinski definition) is 7. The number of non-ortho nitro benzene ring substituents is 1. The number of carboxylic acids is 1. The van der Waals surface area contributed by atoms with E-state index in [-0.39, 0.29) is 18.0 Å². The van der Waals surface area contributed by atoms with Gasteiger partial charge in [-0.2, -0.15) is 0 Å². The Morgan fingerprint density at radius 1 is 1.13 bits per heavy atom. The molecule has 30 heavy (non-hydrogen) atoms. The summed E-state index contributed by atoms with van der Waals surface area (Å²) in [7, 11) is 3.03. The van der Waals surface area contributed by atoms with Crippen LogP contribution < -0.4 is 14.6 Å². The largest absolute Gasteiger partial charge is 0.550 e. The van der Waals surface area contributed by atoms with Crippen LogP contribution in [0.1, 0.15) is 35.6 Å². The Morgan fingerprint density at radius 3 is 2.47 bits per heavy atom. The number of carbonyl (C=O) groups excluding carboxylic acids is 2. The van der Waals surface area contributed by atoms with Gasteiger partial charge in [-0.3, -0.25) is 14.9 Å². The molecule has 1 aliphatic heterocycles. The maximum absolute atomic E-state index is 12.8. The molecular weight excluding hydrogens is 392 g/mol. The first kappa shape index (κ1) is 21.1. The molecule has 0 unspecified atom stereocenters. The zero-order valence-corrected chi connectivity index (χ0v) is 16.6. The average Bonchev–Trinajstić information content (AvgIpc) is 2.75. The van der Waals surface area contributed by atoms with Gasteiger partial charge in [-0.1, -0.05) is 12.1 Å². The predicted octanol–water partition coefficient (Wildman–Crippen LogP) is 1.62. The third-order valence-electron chi connectivity index (χ3n) is 5.13. The highest BCUT2D eigenvalue weighted by molar-refractivity contribution is 5.81. The van der Waals surface area contributed by atoms with Crippen LogP contribution in [0.25, 0.3) is 0 Å². The second-order valence-electron chi connectivity index (χ2n) is 6.87. The fourth-order valence-electron chi connectivity index (χ4n) is 3.73. The van der Waals surface area contributed by atoms with Gasteiger partial charge in [0.05, 0.1) is 25.2 Å². The highest BCUT2D eigenvalue weighted by atomic mass is 16.6. The van der Waals surface area contributed by atoms with Crippen molar-refractivity contribution in [3.05, 3.63) is 63.2 Å². The van der Waals surface area contributed by atoms with Crippen molar-refractivity contribution in [3.8, 4) is 11.5 Å². The van der Waals surface area contributed by atoms with E-state index in [0.717, 1.165) is 11.1 Å². The minimum absolute atomic E-state index is 0.0952. The Balaban J connectivity index is 2.12. The number of amides is 1. The molecule has 0 aliphatic carbocycles. The van der Waals surface area contributed by atoms with Crippen LogP contribution in [0.3, 0.4) is 0 Å². The molecule has 0 saturated heterocycles. The molecule has 0 aromatic heterocycles. The van der Waals surface area contributed by atoms with E-state index in [1.165, 1.54) is 26.4 Å². The van der Waals surface area contributed by atoms with Crippen LogP contribution in [-0.2, 0) is 16.0 Å². The SMILES string of the molecule is COc1cc2c(cc1OC)[C@H](c1cccc([N+](=O)[O-])c1)N(C(=O)CCC(=O)[O-])CC2. The molecule has 2 aromatic rings. The molecular formula is C21H21N2O7-. The number of carbonyl (C=O) groups is 2. The van der Waals surface area contributed by atoms with Crippen molar-refractivity contribution in [2.24, 2.45) is 0 Å². The van der Waals surface area contributed by atoms with Gasteiger partial charge in [0.15, 0.2) is 11.5 Å². The maximum atomic E-state index is 12.8. The van der Waals surface area contributed by atoms with Crippen molar-refractivity contribution >= 4 is 17.6 Å². The lowest BCUT2D eigenvalue weighted by Crippen LogP contribution is -2.41. The van der Waals surface area contributed by atoms with Gasteiger partial charge in [0.1, 0.15) is 0 Å². The van der Waals surface area contributed by atoms with Gasteiger partial charge in [0, 0.05) is 31.1 Å². The van der Waals surface area contributed by atoms with Gasteiger partial charge in [-0.15, -0.1) is 0 Å². The molecule has 3 rings (SSSR count). The molecule has 0 N–H and O–H groups in total. The van der Waals surface area contributed by atoms with Crippen molar-refractivity contribution < 1.29 is 29.1 Å². The number of ether oxygens (including phenoxy) is 2. The number of nitro groups is 1. The van der Waals surface area contributed by atoms with E-state index in [0.29, 0.717) is 30.0 Å². The van der Waals surface area contributed by atoms with Gasteiger partial charge in [0.2, 0.25) is 5.91 Å². The normalized spacial score (nSPS) is 15.3. The maximum Gasteiger partial charge on any atom is 0.269 e. The molecule has 0 saturated carbocycles. The number of fused-ring (bicyclic) bond motifs is 1. The Labute approximate surface area is 173 Å². The molecule has 1 atom stereocenters. The first-order valence-electron chi connectivity index (χ1n) is 9.34. The van der Waals surface area contributed by atoms with Crippen LogP contribution in [0.4, 0.5) is 5.69 Å². The summed E-state index contributed by atoms with van der Waals surface area (Å²) in [6.07, 6.45) is -0.0790. The Morgan fingerprint density at radius 2 is 1.83 bits per heavy atom. The number of aliphatic carboxylic acids is 1. The van der Waals surface area contributed by atoms with Gasteiger partial charge in [0.25, 0.3) is 5.69 Å². The second kappa shape index (κ2) is 8.81. The Bertz CT molecular complexity index is 989. The van der Waals surface area contributed by atoms with Crippen molar-refractivity contribution in [2.75, 3.05) is 20.8 Å². The summed E-state index contributed by atoms with van der Waals surface area (Å²) < 4.78 is 10.8. The molecule has 158 valence electrons. The molecule has 0 fully saturated rings. The van der Waals surface area contributed by atoms with Crippen molar-refractivity contribution in [1.82, 2.24) is 4.90 Å². The van der Waals surface area contributed by atoms with Crippen molar-refractivity contribution in [3.63, 3.8) is 0 Å². The van der Waals surface area contributed by atoms with Crippen molar-refractivity contribution in [2.45, 2.75) is 25.3 Å². The average molecular weight is 413 g/mol. The van der Waals surface area contributed by atoms with E-state index in [1.54, 1.807) is 23.1 Å². The zero-order chi connectivity index (χ0) is 21.8. The zero-order valence-electron chi connectivity index (χ0n) is 16.6. The number of methoxy groups -OCH3 is 2. The summed E-state index contributed by atoms with van der Waals surface area (Å²) >= 11 is 0. The summed E-state index contributed by atoms with van der Waals surface area (Å²) in [5, 5.41) is 22.1. The van der Waals surface area contributed by atoms with E-state index < -0.39 is 23.4 Å². The standard InChI is InChI=1S/C21H22N2O7/c1-29-17-11-13-8-9-22(19(24)6-7-20(25)26)21(16(13)12-18(17)30-2)14-4-3-5-15(10-14)23(27)28/h3-5,10-12,21H,6-9H2,1-2H3,(H,25,26)/p-1/t21-/m0/s1. The molecule has 0 radical (unpaired) electrons. The summed E-state index contributed by atoms with van der Waals surface area (Å²) in [5.41, 5.74) is 2.13. The molecule has 9 nitrogen and oxygen atoms in total. The Hall–Kier alpha value is -3.62. The van der Waals surface area contributed by atoms with Gasteiger partial charge < -0.3 is 24.3 Å². The van der Waals surface area contributed by atoms with Gasteiger partial charge >= 0.3 is 0 Å². The number of nitrogens with zero attached hydrogens (tertiary/aromatic N) is 2. The Kier molecular flexibility index (Phi) is 6.20. The van der Waals surface area contributed by atoms with E-state index in [4.69, 9.17) is 9.47 Å². The summed E-state index contributed by atoms with van der Waals surface area (Å²) in [6, 6.07) is 9.05. The van der Waals surface area contributed by atoms with Gasteiger partial charge in [-0.05, 0) is 41.7 Å². The molecule has 2 aromatic carbocycles. The highest BCUT2D eigenvalue weighted by Gasteiger charge is 2.33. The second-order valence-corrected chi connectivity index (χ2v) is 6.87. The minimum Gasteiger partial charge on any atom is -0.550 e. The van der Waals surface area contributed by atoms with Crippen LogP contribution in [0.15, 0.2) is 36.4 Å². The van der Waals surface area contributed by atoms with E-state index in [1.807, 2.05) is 6.07 Å². The summed E-state index contributed by atoms with van der Waals surface area (Å²) in [4.78, 5) is 36.0. The molecule has 0 bridgehead atoms. The summed E-state index contributed by atoms with van der Waals surface area (Å²) in [6.45, 7) is 0.335. The topological polar surface area (TPSA) is 122 Å². The van der Waals surface area contributed by atoms with E-state index in [2.05, 4.69) is 0 Å². The van der Waals surface area contributed by atoms with Crippen LogP contribution in [0, 0.1) is 10.1 Å². The first-order valence-corrected chi connectivity index (χ1v) is 9.34. The van der Waals surface area contributed by atoms with Crippen LogP contribution in [-0.4, -0.2) is 42.5 Å². The lowest BCUT2D eigenvalue weighted by molar-refractivity contribution is -0.384. The number of hydrogen-bond donors (Lipinski definition) is 0. The third-order valence-corrected chi connectivity index (χ3v) is 5.13. The van der Waals surface area contributed by atoms with Crippen LogP contribution in [0.2, 0.25) is 0 Å². The molecule has 1 amide bonds. The minimum atomic E-state index is -1.31. The predicted molar refractivity (Wildman–Crippen MR) is 104 cm³/mol. The smallest absolute Gasteiger partial charge is 0.269 e. The molecule has 0 spiro atoms. The first-order chi connectivity index (χ1) is 14.3. The molecule has 9 heteroatoms. The van der Waals surface area contributed by atoms with Crippen LogP contribution in [0.5, 0.6) is 11.5 Å². The molecule has 1 heterocycles. The molecule has 1 aliphatic rings. The number of rotatable bonds is 7. The highest BCUT2D eigenvalue weighted by Crippen LogP contribution is 2.41. The number of benzene rings is 2. The number of carboxylic acid groups (broad SMARTS) is 1. The van der Waals surface area contributed by atoms with Gasteiger partial charge in [-0.25, -0.2) is 0 Å². The number of nitro benzene ring substituents is 1. The van der Waals surface area contributed by atoms with E-state index in [9.17, 15) is 24.8 Å². The third kappa shape index (κ3) is 4.19. The fraction of sp³-hybridized carbons (Fsp3) is 0.333. The fourth-order valence-corrected chi connectivity index (χ4v) is 3.73. The van der Waals surface area contributed by atoms with E-state index >= 15 is 0 Å². The van der Waals surface area contributed by atoms with Crippen LogP contribution >= 0.6 is 0 Å². The lowest BCUT2D eigenvalue weighted by Gasteiger charge is -2.38. The monoisotopic (exact) mass is 413 g/mol. The summed E-state index contributed by atoms with van der Waals surface area (Å²) in [5.74, 6) is -0.656. The quantitative estimate of drug-likeness (QED) is 0.499. The lowest BCUT2D eigenvalue weighted by atomic mass is 9.87. The van der Waals surface area contributed by atoms with Crippen molar-refractivity contribution in [1.29, 1.82) is 0 Å².